The Bertz CT molecular complexity index is 401. The molecule has 1 heterocycles. The van der Waals surface area contributed by atoms with Crippen LogP contribution in [0.3, 0.4) is 0 Å². The molecule has 0 spiro atoms. The zero-order chi connectivity index (χ0) is 11.7. The Kier molecular flexibility index (Phi) is 3.04. The molecule has 3 heteroatoms. The van der Waals surface area contributed by atoms with Gasteiger partial charge < -0.3 is 15.7 Å². The maximum Gasteiger partial charge on any atom is 0.120 e. The fourth-order valence-corrected chi connectivity index (χ4v) is 2.77. The minimum atomic E-state index is 0.264. The second-order valence-electron chi connectivity index (χ2n) is 5.14. The number of hydrogen-bond acceptors (Lipinski definition) is 3. The number of rotatable bonds is 3. The van der Waals surface area contributed by atoms with Crippen LogP contribution in [-0.2, 0) is 6.42 Å². The second-order valence-corrected chi connectivity index (χ2v) is 5.14. The van der Waals surface area contributed by atoms with Crippen molar-refractivity contribution in [2.24, 2.45) is 0 Å². The minimum absolute atomic E-state index is 0.264. The zero-order valence-corrected chi connectivity index (χ0v) is 10.1. The van der Waals surface area contributed by atoms with Crippen LogP contribution in [0.1, 0.15) is 36.4 Å². The molecule has 1 aromatic rings. The van der Waals surface area contributed by atoms with Gasteiger partial charge in [0, 0.05) is 24.2 Å². The van der Waals surface area contributed by atoms with Gasteiger partial charge >= 0.3 is 0 Å². The first-order valence-corrected chi connectivity index (χ1v) is 6.62. The molecule has 1 atom stereocenters. The maximum atomic E-state index is 10.00. The third-order valence-electron chi connectivity index (χ3n) is 4.02. The quantitative estimate of drug-likeness (QED) is 0.743. The van der Waals surface area contributed by atoms with E-state index in [1.165, 1.54) is 24.8 Å². The lowest BCUT2D eigenvalue weighted by Gasteiger charge is -2.32. The van der Waals surface area contributed by atoms with Crippen molar-refractivity contribution < 1.29 is 5.11 Å². The van der Waals surface area contributed by atoms with Gasteiger partial charge in [0.2, 0.25) is 0 Å². The van der Waals surface area contributed by atoms with Gasteiger partial charge in [0.15, 0.2) is 0 Å². The van der Waals surface area contributed by atoms with Crippen molar-refractivity contribution in [3.05, 3.63) is 29.3 Å². The van der Waals surface area contributed by atoms with Crippen molar-refractivity contribution in [2.75, 3.05) is 13.1 Å². The predicted molar refractivity (Wildman–Crippen MR) is 68.2 cm³/mol. The molecular formula is C14H20N2O. The Balaban J connectivity index is 1.73. The SMILES string of the molecule is Oc1cccc2c1C(CNC1CCC1)NCC2. The summed E-state index contributed by atoms with van der Waals surface area (Å²) >= 11 is 0. The molecule has 0 bridgehead atoms. The molecule has 1 saturated carbocycles. The first-order valence-electron chi connectivity index (χ1n) is 6.62. The molecule has 3 nitrogen and oxygen atoms in total. The molecule has 3 N–H and O–H groups in total. The van der Waals surface area contributed by atoms with Crippen LogP contribution >= 0.6 is 0 Å². The lowest BCUT2D eigenvalue weighted by Crippen LogP contribution is -2.42. The highest BCUT2D eigenvalue weighted by Crippen LogP contribution is 2.31. The topological polar surface area (TPSA) is 44.3 Å². The summed E-state index contributed by atoms with van der Waals surface area (Å²) in [5, 5.41) is 17.1. The van der Waals surface area contributed by atoms with E-state index in [-0.39, 0.29) is 6.04 Å². The fourth-order valence-electron chi connectivity index (χ4n) is 2.77. The van der Waals surface area contributed by atoms with E-state index in [4.69, 9.17) is 0 Å². The van der Waals surface area contributed by atoms with Crippen molar-refractivity contribution in [3.8, 4) is 5.75 Å². The van der Waals surface area contributed by atoms with Crippen LogP contribution in [0.2, 0.25) is 0 Å². The van der Waals surface area contributed by atoms with Crippen LogP contribution in [0.5, 0.6) is 5.75 Å². The van der Waals surface area contributed by atoms with Crippen LogP contribution in [0.15, 0.2) is 18.2 Å². The Labute approximate surface area is 102 Å². The monoisotopic (exact) mass is 232 g/mol. The van der Waals surface area contributed by atoms with Crippen molar-refractivity contribution in [1.29, 1.82) is 0 Å². The maximum absolute atomic E-state index is 10.00. The van der Waals surface area contributed by atoms with Gasteiger partial charge in [0.05, 0.1) is 0 Å². The normalized spacial score (nSPS) is 24.1. The average molecular weight is 232 g/mol. The Hall–Kier alpha value is -1.06. The number of nitrogens with one attached hydrogen (secondary N) is 2. The number of phenols is 1. The number of phenolic OH excluding ortho intramolecular Hbond substituents is 1. The molecule has 2 aliphatic rings. The third kappa shape index (κ3) is 2.17. The summed E-state index contributed by atoms with van der Waals surface area (Å²) in [5.41, 5.74) is 2.40. The van der Waals surface area contributed by atoms with Crippen LogP contribution in [0.4, 0.5) is 0 Å². The Morgan fingerprint density at radius 1 is 1.35 bits per heavy atom. The molecule has 1 aliphatic carbocycles. The summed E-state index contributed by atoms with van der Waals surface area (Å²) < 4.78 is 0. The third-order valence-corrected chi connectivity index (χ3v) is 4.02. The number of benzene rings is 1. The van der Waals surface area contributed by atoms with Crippen molar-refractivity contribution in [2.45, 2.75) is 37.8 Å². The zero-order valence-electron chi connectivity index (χ0n) is 10.1. The van der Waals surface area contributed by atoms with Crippen LogP contribution in [0.25, 0.3) is 0 Å². The molecule has 0 saturated heterocycles. The molecule has 0 amide bonds. The highest BCUT2D eigenvalue weighted by atomic mass is 16.3. The molecular weight excluding hydrogens is 212 g/mol. The first kappa shape index (κ1) is 11.1. The highest BCUT2D eigenvalue weighted by molar-refractivity contribution is 5.43. The van der Waals surface area contributed by atoms with E-state index < -0.39 is 0 Å². The van der Waals surface area contributed by atoms with Crippen molar-refractivity contribution in [3.63, 3.8) is 0 Å². The molecule has 1 fully saturated rings. The minimum Gasteiger partial charge on any atom is -0.508 e. The molecule has 17 heavy (non-hydrogen) atoms. The Morgan fingerprint density at radius 3 is 3.00 bits per heavy atom. The van der Waals surface area contributed by atoms with Gasteiger partial charge in [0.1, 0.15) is 5.75 Å². The van der Waals surface area contributed by atoms with Crippen molar-refractivity contribution in [1.82, 2.24) is 10.6 Å². The van der Waals surface area contributed by atoms with Crippen LogP contribution in [0, 0.1) is 0 Å². The van der Waals surface area contributed by atoms with E-state index in [9.17, 15) is 5.11 Å². The molecule has 92 valence electrons. The summed E-state index contributed by atoms with van der Waals surface area (Å²) in [7, 11) is 0. The average Bonchev–Trinajstić information content (AvgIpc) is 2.27. The number of aromatic hydroxyl groups is 1. The van der Waals surface area contributed by atoms with E-state index >= 15 is 0 Å². The summed E-state index contributed by atoms with van der Waals surface area (Å²) in [6, 6.07) is 6.83. The van der Waals surface area contributed by atoms with E-state index in [0.717, 1.165) is 25.1 Å². The summed E-state index contributed by atoms with van der Waals surface area (Å²) in [4.78, 5) is 0. The van der Waals surface area contributed by atoms with E-state index in [1.807, 2.05) is 6.07 Å². The van der Waals surface area contributed by atoms with Crippen LogP contribution < -0.4 is 10.6 Å². The van der Waals surface area contributed by atoms with Gasteiger partial charge in [-0.15, -0.1) is 0 Å². The second kappa shape index (κ2) is 4.67. The molecule has 1 aromatic carbocycles. The van der Waals surface area contributed by atoms with Gasteiger partial charge in [-0.25, -0.2) is 0 Å². The molecule has 0 aromatic heterocycles. The molecule has 0 radical (unpaired) electrons. The lowest BCUT2D eigenvalue weighted by atomic mass is 9.90. The van der Waals surface area contributed by atoms with Gasteiger partial charge in [-0.1, -0.05) is 18.6 Å². The summed E-state index contributed by atoms with van der Waals surface area (Å²) in [6.07, 6.45) is 4.99. The highest BCUT2D eigenvalue weighted by Gasteiger charge is 2.24. The summed E-state index contributed by atoms with van der Waals surface area (Å²) in [5.74, 6) is 0.440. The number of fused-ring (bicyclic) bond motifs is 1. The van der Waals surface area contributed by atoms with E-state index in [0.29, 0.717) is 11.8 Å². The van der Waals surface area contributed by atoms with E-state index in [2.05, 4.69) is 16.7 Å². The van der Waals surface area contributed by atoms with Gasteiger partial charge in [-0.3, -0.25) is 0 Å². The molecule has 1 unspecified atom stereocenters. The largest absolute Gasteiger partial charge is 0.508 e. The Morgan fingerprint density at radius 2 is 2.24 bits per heavy atom. The molecule has 1 aliphatic heterocycles. The van der Waals surface area contributed by atoms with Crippen molar-refractivity contribution >= 4 is 0 Å². The van der Waals surface area contributed by atoms with Gasteiger partial charge in [0.25, 0.3) is 0 Å². The van der Waals surface area contributed by atoms with Crippen LogP contribution in [-0.4, -0.2) is 24.2 Å². The fraction of sp³-hybridized carbons (Fsp3) is 0.571. The first-order chi connectivity index (χ1) is 8.34. The van der Waals surface area contributed by atoms with Gasteiger partial charge in [-0.05, 0) is 37.4 Å². The predicted octanol–water partition coefficient (Wildman–Crippen LogP) is 1.72. The van der Waals surface area contributed by atoms with E-state index in [1.54, 1.807) is 6.07 Å². The standard InChI is InChI=1S/C14H20N2O/c17-13-6-1-3-10-7-8-15-12(14(10)13)9-16-11-4-2-5-11/h1,3,6,11-12,15-17H,2,4-5,7-9H2. The smallest absolute Gasteiger partial charge is 0.120 e. The lowest BCUT2D eigenvalue weighted by molar-refractivity contribution is 0.316. The molecule has 3 rings (SSSR count). The summed E-state index contributed by atoms with van der Waals surface area (Å²) in [6.45, 7) is 1.93. The van der Waals surface area contributed by atoms with Gasteiger partial charge in [-0.2, -0.15) is 0 Å². The number of hydrogen-bond donors (Lipinski definition) is 3.